The zero-order valence-electron chi connectivity index (χ0n) is 17.9. The largest absolute Gasteiger partial charge is 0.426 e. The summed E-state index contributed by atoms with van der Waals surface area (Å²) in [5, 5.41) is 0. The van der Waals surface area contributed by atoms with E-state index in [9.17, 15) is 4.79 Å². The Morgan fingerprint density at radius 1 is 1.00 bits per heavy atom. The highest BCUT2D eigenvalue weighted by molar-refractivity contribution is 5.75. The number of hydrogen-bond donors (Lipinski definition) is 0. The Balaban J connectivity index is 1.43. The monoisotopic (exact) mass is 382 g/mol. The number of carbonyl (C=O) groups excluding carboxylic acids is 1. The van der Waals surface area contributed by atoms with Gasteiger partial charge in [-0.2, -0.15) is 0 Å². The molecule has 0 aliphatic heterocycles. The summed E-state index contributed by atoms with van der Waals surface area (Å²) >= 11 is 0. The third kappa shape index (κ3) is 6.22. The molecule has 2 heteroatoms. The van der Waals surface area contributed by atoms with Crippen LogP contribution in [0.2, 0.25) is 0 Å². The number of esters is 1. The van der Waals surface area contributed by atoms with Crippen LogP contribution in [0.5, 0.6) is 5.75 Å². The van der Waals surface area contributed by atoms with Gasteiger partial charge in [0.2, 0.25) is 0 Å². The Bertz CT molecular complexity index is 635. The van der Waals surface area contributed by atoms with Gasteiger partial charge in [-0.25, -0.2) is 0 Å². The first-order valence-electron chi connectivity index (χ1n) is 11.7. The third-order valence-electron chi connectivity index (χ3n) is 6.76. The van der Waals surface area contributed by atoms with Crippen molar-refractivity contribution >= 4 is 11.5 Å². The lowest BCUT2D eigenvalue weighted by molar-refractivity contribution is -0.140. The molecule has 0 amide bonds. The topological polar surface area (TPSA) is 26.3 Å². The van der Waals surface area contributed by atoms with Crippen molar-refractivity contribution in [2.75, 3.05) is 0 Å². The van der Waals surface area contributed by atoms with Crippen LogP contribution in [0.25, 0.3) is 5.57 Å². The minimum absolute atomic E-state index is 0.0251. The van der Waals surface area contributed by atoms with Crippen LogP contribution in [-0.2, 0) is 4.79 Å². The second-order valence-corrected chi connectivity index (χ2v) is 9.12. The molecule has 0 unspecified atom stereocenters. The highest BCUT2D eigenvalue weighted by Crippen LogP contribution is 2.34. The van der Waals surface area contributed by atoms with Crippen LogP contribution in [0.3, 0.4) is 0 Å². The average molecular weight is 383 g/mol. The van der Waals surface area contributed by atoms with Crippen molar-refractivity contribution in [3.05, 3.63) is 35.9 Å². The molecule has 1 aromatic rings. The van der Waals surface area contributed by atoms with Crippen molar-refractivity contribution in [3.8, 4) is 5.75 Å². The minimum Gasteiger partial charge on any atom is -0.426 e. The van der Waals surface area contributed by atoms with Crippen LogP contribution < -0.4 is 4.74 Å². The van der Waals surface area contributed by atoms with Gasteiger partial charge in [-0.3, -0.25) is 4.79 Å². The number of ether oxygens (including phenoxy) is 1. The maximum atomic E-state index is 12.6. The fourth-order valence-electron chi connectivity index (χ4n) is 4.71. The molecule has 0 radical (unpaired) electrons. The summed E-state index contributed by atoms with van der Waals surface area (Å²) < 4.78 is 5.70. The van der Waals surface area contributed by atoms with Crippen molar-refractivity contribution in [3.63, 3.8) is 0 Å². The number of rotatable bonds is 8. The van der Waals surface area contributed by atoms with Gasteiger partial charge in [0.25, 0.3) is 0 Å². The van der Waals surface area contributed by atoms with Gasteiger partial charge in [0.15, 0.2) is 0 Å². The van der Waals surface area contributed by atoms with E-state index in [2.05, 4.69) is 32.1 Å². The minimum atomic E-state index is -0.0251. The molecule has 154 valence electrons. The molecule has 0 saturated heterocycles. The van der Waals surface area contributed by atoms with Gasteiger partial charge in [0.1, 0.15) is 5.75 Å². The van der Waals surface area contributed by atoms with Gasteiger partial charge < -0.3 is 4.74 Å². The van der Waals surface area contributed by atoms with Crippen LogP contribution in [0.4, 0.5) is 0 Å². The predicted octanol–water partition coefficient (Wildman–Crippen LogP) is 7.57. The maximum absolute atomic E-state index is 12.6. The molecule has 1 atom stereocenters. The maximum Gasteiger partial charge on any atom is 0.314 e. The lowest BCUT2D eigenvalue weighted by atomic mass is 9.80. The molecule has 1 saturated carbocycles. The molecule has 2 aliphatic carbocycles. The van der Waals surface area contributed by atoms with E-state index < -0.39 is 0 Å². The Hall–Kier alpha value is -1.57. The standard InChI is InChI=1S/C26H38O2/c1-3-4-5-6-7-21-10-14-24(15-11-21)26(27)28-25-18-16-23(17-19-25)22-12-8-20(2)9-13-22/h12,16-21,24H,3-11,13-15H2,1-2H3/t20-,21?,24?/m1/s1. The van der Waals surface area contributed by atoms with Crippen LogP contribution in [0.15, 0.2) is 30.3 Å². The van der Waals surface area contributed by atoms with Crippen molar-refractivity contribution in [1.29, 1.82) is 0 Å². The number of allylic oxidation sites excluding steroid dienone is 2. The number of benzene rings is 1. The SMILES string of the molecule is CCCCCCC1CCC(C(=O)Oc2ccc(C3=CC[C@@H](C)CC3)cc2)CC1. The molecular weight excluding hydrogens is 344 g/mol. The Morgan fingerprint density at radius 2 is 1.75 bits per heavy atom. The van der Waals surface area contributed by atoms with Crippen molar-refractivity contribution in [2.45, 2.75) is 90.9 Å². The summed E-state index contributed by atoms with van der Waals surface area (Å²) in [5.41, 5.74) is 2.71. The normalized spacial score (nSPS) is 25.2. The summed E-state index contributed by atoms with van der Waals surface area (Å²) in [6, 6.07) is 8.15. The van der Waals surface area contributed by atoms with E-state index in [0.717, 1.165) is 31.1 Å². The summed E-state index contributed by atoms with van der Waals surface area (Å²) in [4.78, 5) is 12.6. The van der Waals surface area contributed by atoms with E-state index in [4.69, 9.17) is 4.74 Å². The summed E-state index contributed by atoms with van der Waals surface area (Å²) in [6.07, 6.45) is 17.1. The van der Waals surface area contributed by atoms with E-state index >= 15 is 0 Å². The van der Waals surface area contributed by atoms with Crippen LogP contribution in [0, 0.1) is 17.8 Å². The fraction of sp³-hybridized carbons (Fsp3) is 0.654. The van der Waals surface area contributed by atoms with E-state index in [1.165, 1.54) is 68.9 Å². The van der Waals surface area contributed by atoms with Crippen LogP contribution >= 0.6 is 0 Å². The first-order valence-corrected chi connectivity index (χ1v) is 11.7. The second kappa shape index (κ2) is 10.8. The molecule has 0 aromatic heterocycles. The van der Waals surface area contributed by atoms with Gasteiger partial charge in [0.05, 0.1) is 5.92 Å². The lowest BCUT2D eigenvalue weighted by Gasteiger charge is -2.27. The van der Waals surface area contributed by atoms with Crippen LogP contribution in [0.1, 0.15) is 96.5 Å². The highest BCUT2D eigenvalue weighted by Gasteiger charge is 2.27. The molecular formula is C26H38O2. The first kappa shape index (κ1) is 21.1. The molecule has 0 heterocycles. The van der Waals surface area contributed by atoms with Gasteiger partial charge >= 0.3 is 5.97 Å². The zero-order chi connectivity index (χ0) is 19.8. The van der Waals surface area contributed by atoms with Gasteiger partial charge in [-0.15, -0.1) is 0 Å². The summed E-state index contributed by atoms with van der Waals surface area (Å²) in [6.45, 7) is 4.58. The predicted molar refractivity (Wildman–Crippen MR) is 117 cm³/mol. The third-order valence-corrected chi connectivity index (χ3v) is 6.76. The highest BCUT2D eigenvalue weighted by atomic mass is 16.5. The molecule has 1 fully saturated rings. The average Bonchev–Trinajstić information content (AvgIpc) is 2.73. The molecule has 2 aliphatic rings. The van der Waals surface area contributed by atoms with E-state index in [-0.39, 0.29) is 11.9 Å². The summed E-state index contributed by atoms with van der Waals surface area (Å²) in [7, 11) is 0. The number of carbonyl (C=O) groups is 1. The Kier molecular flexibility index (Phi) is 8.18. The van der Waals surface area contributed by atoms with Gasteiger partial charge in [0, 0.05) is 0 Å². The van der Waals surface area contributed by atoms with E-state index in [1.54, 1.807) is 0 Å². The Labute approximate surface area is 171 Å². The number of unbranched alkanes of at least 4 members (excludes halogenated alkanes) is 3. The van der Waals surface area contributed by atoms with E-state index in [0.29, 0.717) is 5.75 Å². The van der Waals surface area contributed by atoms with Crippen molar-refractivity contribution < 1.29 is 9.53 Å². The molecule has 28 heavy (non-hydrogen) atoms. The van der Waals surface area contributed by atoms with Crippen LogP contribution in [-0.4, -0.2) is 5.97 Å². The fourth-order valence-corrected chi connectivity index (χ4v) is 4.71. The van der Waals surface area contributed by atoms with Gasteiger partial charge in [-0.1, -0.05) is 64.2 Å². The van der Waals surface area contributed by atoms with Gasteiger partial charge in [-0.05, 0) is 80.1 Å². The smallest absolute Gasteiger partial charge is 0.314 e. The molecule has 0 bridgehead atoms. The molecule has 2 nitrogen and oxygen atoms in total. The quantitative estimate of drug-likeness (QED) is 0.263. The lowest BCUT2D eigenvalue weighted by Crippen LogP contribution is -2.25. The molecule has 1 aromatic carbocycles. The summed E-state index contributed by atoms with van der Waals surface area (Å²) in [5.74, 6) is 2.39. The number of hydrogen-bond acceptors (Lipinski definition) is 2. The first-order chi connectivity index (χ1) is 13.7. The molecule has 0 spiro atoms. The van der Waals surface area contributed by atoms with Crippen molar-refractivity contribution in [1.82, 2.24) is 0 Å². The van der Waals surface area contributed by atoms with Crippen molar-refractivity contribution in [2.24, 2.45) is 17.8 Å². The van der Waals surface area contributed by atoms with E-state index in [1.807, 2.05) is 12.1 Å². The molecule has 0 N–H and O–H groups in total. The second-order valence-electron chi connectivity index (χ2n) is 9.12. The zero-order valence-corrected chi connectivity index (χ0v) is 17.9. The Morgan fingerprint density at radius 3 is 2.39 bits per heavy atom. The molecule has 3 rings (SSSR count).